The van der Waals surface area contributed by atoms with Gasteiger partial charge in [-0.15, -0.1) is 5.10 Å². The molecule has 0 saturated heterocycles. The Balaban J connectivity index is 1.74. The van der Waals surface area contributed by atoms with E-state index >= 15 is 0 Å². The van der Waals surface area contributed by atoms with Crippen molar-refractivity contribution in [2.75, 3.05) is 6.61 Å². The van der Waals surface area contributed by atoms with Crippen molar-refractivity contribution in [1.29, 1.82) is 0 Å². The third-order valence-corrected chi connectivity index (χ3v) is 4.27. The summed E-state index contributed by atoms with van der Waals surface area (Å²) in [6.45, 7) is 3.67. The van der Waals surface area contributed by atoms with Gasteiger partial charge in [0, 0.05) is 0 Å². The van der Waals surface area contributed by atoms with Gasteiger partial charge in [0.05, 0.1) is 24.0 Å². The number of carbonyl (C=O) groups excluding carboxylic acids is 1. The van der Waals surface area contributed by atoms with Crippen LogP contribution in [0, 0.1) is 13.8 Å². The molecule has 0 radical (unpaired) electrons. The molecule has 1 amide bonds. The van der Waals surface area contributed by atoms with E-state index in [9.17, 15) is 9.90 Å². The lowest BCUT2D eigenvalue weighted by molar-refractivity contribution is 0.0910. The van der Waals surface area contributed by atoms with Gasteiger partial charge in [-0.2, -0.15) is 0 Å². The number of hydrogen-bond acceptors (Lipinski definition) is 4. The Labute approximate surface area is 152 Å². The van der Waals surface area contributed by atoms with E-state index in [1.807, 2.05) is 61.5 Å². The normalized spacial score (nSPS) is 12.0. The summed E-state index contributed by atoms with van der Waals surface area (Å²) in [6.07, 6.45) is 0.550. The van der Waals surface area contributed by atoms with E-state index in [0.717, 1.165) is 16.8 Å². The van der Waals surface area contributed by atoms with Crippen LogP contribution >= 0.6 is 0 Å². The van der Waals surface area contributed by atoms with Crippen molar-refractivity contribution >= 4 is 5.91 Å². The fraction of sp³-hybridized carbons (Fsp3) is 0.250. The lowest BCUT2D eigenvalue weighted by Gasteiger charge is -2.15. The van der Waals surface area contributed by atoms with Crippen LogP contribution in [-0.4, -0.2) is 38.7 Å². The van der Waals surface area contributed by atoms with Gasteiger partial charge >= 0.3 is 0 Å². The van der Waals surface area contributed by atoms with Crippen molar-refractivity contribution < 1.29 is 9.90 Å². The van der Waals surface area contributed by atoms with Crippen molar-refractivity contribution in [3.63, 3.8) is 0 Å². The molecule has 0 aliphatic heterocycles. The smallest absolute Gasteiger partial charge is 0.274 e. The highest BCUT2D eigenvalue weighted by molar-refractivity contribution is 5.93. The Hall–Kier alpha value is -2.99. The molecule has 0 saturated carbocycles. The number of aromatic nitrogens is 3. The summed E-state index contributed by atoms with van der Waals surface area (Å²) in [5.74, 6) is -0.337. The first-order valence-corrected chi connectivity index (χ1v) is 8.53. The average Bonchev–Trinajstić information content (AvgIpc) is 3.04. The molecule has 1 heterocycles. The molecular formula is C20H22N4O2. The van der Waals surface area contributed by atoms with Crippen molar-refractivity contribution in [3.8, 4) is 5.69 Å². The monoisotopic (exact) mass is 350 g/mol. The third-order valence-electron chi connectivity index (χ3n) is 4.27. The number of nitrogens with zero attached hydrogens (tertiary/aromatic N) is 3. The standard InChI is InChI=1S/C20H22N4O2/c1-14-8-10-18(11-9-14)24-15(2)19(22-23-24)20(26)21-17(13-25)12-16-6-4-3-5-7-16/h3-11,17,25H,12-13H2,1-2H3,(H,21,26)/t17-/m0/s1. The molecule has 3 aromatic rings. The highest BCUT2D eigenvalue weighted by atomic mass is 16.3. The van der Waals surface area contributed by atoms with Gasteiger partial charge in [-0.3, -0.25) is 4.79 Å². The minimum atomic E-state index is -0.381. The summed E-state index contributed by atoms with van der Waals surface area (Å²) < 4.78 is 1.64. The molecule has 0 aliphatic carbocycles. The Morgan fingerprint density at radius 2 is 1.81 bits per heavy atom. The minimum Gasteiger partial charge on any atom is -0.394 e. The fourth-order valence-electron chi connectivity index (χ4n) is 2.78. The molecule has 0 bridgehead atoms. The fourth-order valence-corrected chi connectivity index (χ4v) is 2.78. The largest absolute Gasteiger partial charge is 0.394 e. The second-order valence-corrected chi connectivity index (χ2v) is 6.31. The first kappa shape index (κ1) is 17.8. The van der Waals surface area contributed by atoms with Gasteiger partial charge in [0.15, 0.2) is 5.69 Å². The molecule has 1 atom stereocenters. The average molecular weight is 350 g/mol. The summed E-state index contributed by atoms with van der Waals surface area (Å²) in [4.78, 5) is 12.6. The molecule has 6 heteroatoms. The summed E-state index contributed by atoms with van der Waals surface area (Å²) in [5.41, 5.74) is 3.96. The first-order chi connectivity index (χ1) is 12.6. The minimum absolute atomic E-state index is 0.147. The number of amides is 1. The van der Waals surface area contributed by atoms with E-state index in [4.69, 9.17) is 0 Å². The van der Waals surface area contributed by atoms with Crippen LogP contribution in [-0.2, 0) is 6.42 Å². The zero-order valence-electron chi connectivity index (χ0n) is 14.9. The maximum atomic E-state index is 12.6. The van der Waals surface area contributed by atoms with E-state index in [2.05, 4.69) is 15.6 Å². The molecule has 0 unspecified atom stereocenters. The number of hydrogen-bond donors (Lipinski definition) is 2. The summed E-state index contributed by atoms with van der Waals surface area (Å²) in [7, 11) is 0. The highest BCUT2D eigenvalue weighted by Crippen LogP contribution is 2.13. The Kier molecular flexibility index (Phi) is 5.43. The number of aliphatic hydroxyl groups excluding tert-OH is 1. The van der Waals surface area contributed by atoms with Crippen LogP contribution in [0.15, 0.2) is 54.6 Å². The van der Waals surface area contributed by atoms with Gasteiger partial charge in [0.1, 0.15) is 0 Å². The molecule has 0 aliphatic rings. The molecule has 0 spiro atoms. The molecule has 2 N–H and O–H groups in total. The van der Waals surface area contributed by atoms with Crippen LogP contribution in [0.5, 0.6) is 0 Å². The van der Waals surface area contributed by atoms with Crippen LogP contribution < -0.4 is 5.32 Å². The van der Waals surface area contributed by atoms with Crippen molar-refractivity contribution in [1.82, 2.24) is 20.3 Å². The summed E-state index contributed by atoms with van der Waals surface area (Å²) in [6, 6.07) is 17.2. The van der Waals surface area contributed by atoms with Crippen molar-refractivity contribution in [3.05, 3.63) is 77.1 Å². The van der Waals surface area contributed by atoms with E-state index in [0.29, 0.717) is 12.1 Å². The number of aryl methyl sites for hydroxylation is 1. The number of rotatable bonds is 6. The second kappa shape index (κ2) is 7.93. The molecule has 3 rings (SSSR count). The Morgan fingerprint density at radius 1 is 1.12 bits per heavy atom. The molecule has 0 fully saturated rings. The van der Waals surface area contributed by atoms with Crippen LogP contribution in [0.2, 0.25) is 0 Å². The lowest BCUT2D eigenvalue weighted by Crippen LogP contribution is -2.39. The van der Waals surface area contributed by atoms with Crippen LogP contribution in [0.3, 0.4) is 0 Å². The summed E-state index contributed by atoms with van der Waals surface area (Å²) in [5, 5.41) is 20.6. The quantitative estimate of drug-likeness (QED) is 0.714. The maximum absolute atomic E-state index is 12.6. The molecule has 6 nitrogen and oxygen atoms in total. The van der Waals surface area contributed by atoms with Gasteiger partial charge in [0.25, 0.3) is 5.91 Å². The third kappa shape index (κ3) is 3.97. The molecule has 134 valence electrons. The topological polar surface area (TPSA) is 80.0 Å². The first-order valence-electron chi connectivity index (χ1n) is 8.53. The second-order valence-electron chi connectivity index (χ2n) is 6.31. The lowest BCUT2D eigenvalue weighted by atomic mass is 10.1. The molecule has 26 heavy (non-hydrogen) atoms. The molecule has 1 aromatic heterocycles. The van der Waals surface area contributed by atoms with Crippen LogP contribution in [0.4, 0.5) is 0 Å². The van der Waals surface area contributed by atoms with Gasteiger partial charge in [-0.1, -0.05) is 53.2 Å². The zero-order chi connectivity index (χ0) is 18.5. The van der Waals surface area contributed by atoms with E-state index in [1.165, 1.54) is 0 Å². The number of benzene rings is 2. The Bertz CT molecular complexity index is 873. The predicted molar refractivity (Wildman–Crippen MR) is 99.3 cm³/mol. The van der Waals surface area contributed by atoms with Crippen LogP contribution in [0.1, 0.15) is 27.3 Å². The SMILES string of the molecule is Cc1ccc(-n2nnc(C(=O)N[C@H](CO)Cc3ccccc3)c2C)cc1. The van der Waals surface area contributed by atoms with Crippen molar-refractivity contribution in [2.24, 2.45) is 0 Å². The Morgan fingerprint density at radius 3 is 2.46 bits per heavy atom. The predicted octanol–water partition coefficient (Wildman–Crippen LogP) is 2.22. The highest BCUT2D eigenvalue weighted by Gasteiger charge is 2.20. The summed E-state index contributed by atoms with van der Waals surface area (Å²) >= 11 is 0. The zero-order valence-corrected chi connectivity index (χ0v) is 14.9. The number of aliphatic hydroxyl groups is 1. The van der Waals surface area contributed by atoms with Gasteiger partial charge in [-0.05, 0) is 38.0 Å². The number of nitrogens with one attached hydrogen (secondary N) is 1. The van der Waals surface area contributed by atoms with Gasteiger partial charge in [-0.25, -0.2) is 4.68 Å². The number of carbonyl (C=O) groups is 1. The van der Waals surface area contributed by atoms with Crippen molar-refractivity contribution in [2.45, 2.75) is 26.3 Å². The van der Waals surface area contributed by atoms with E-state index in [1.54, 1.807) is 11.6 Å². The van der Waals surface area contributed by atoms with Crippen LogP contribution in [0.25, 0.3) is 5.69 Å². The molecule has 2 aromatic carbocycles. The maximum Gasteiger partial charge on any atom is 0.274 e. The van der Waals surface area contributed by atoms with E-state index < -0.39 is 0 Å². The molecular weight excluding hydrogens is 328 g/mol. The van der Waals surface area contributed by atoms with Gasteiger partial charge < -0.3 is 10.4 Å². The van der Waals surface area contributed by atoms with E-state index in [-0.39, 0.29) is 24.2 Å². The van der Waals surface area contributed by atoms with Gasteiger partial charge in [0.2, 0.25) is 0 Å².